The van der Waals surface area contributed by atoms with Crippen LogP contribution in [0.2, 0.25) is 0 Å². The molecule has 0 bridgehead atoms. The summed E-state index contributed by atoms with van der Waals surface area (Å²) < 4.78 is 0. The highest BCUT2D eigenvalue weighted by molar-refractivity contribution is 6.34. The van der Waals surface area contributed by atoms with Gasteiger partial charge in [-0.25, -0.2) is 0 Å². The molecule has 0 aromatic heterocycles. The Balaban J connectivity index is 2.10. The number of nitrogens with zero attached hydrogens (tertiary/aromatic N) is 3. The van der Waals surface area contributed by atoms with Gasteiger partial charge in [-0.1, -0.05) is 18.2 Å². The molecule has 3 rings (SSSR count). The van der Waals surface area contributed by atoms with Crippen LogP contribution in [0.15, 0.2) is 54.7 Å². The number of carbonyl (C=O) groups is 1. The normalized spacial score (nSPS) is 15.0. The summed E-state index contributed by atoms with van der Waals surface area (Å²) in [6.45, 7) is 0. The van der Waals surface area contributed by atoms with Gasteiger partial charge in [0.05, 0.1) is 16.2 Å². The minimum absolute atomic E-state index is 0.00209. The zero-order chi connectivity index (χ0) is 16.6. The van der Waals surface area contributed by atoms with Crippen molar-refractivity contribution in [3.8, 4) is 0 Å². The molecule has 23 heavy (non-hydrogen) atoms. The van der Waals surface area contributed by atoms with Crippen LogP contribution < -0.4 is 4.90 Å². The molecule has 1 aliphatic rings. The first-order valence-electron chi connectivity index (χ1n) is 7.05. The van der Waals surface area contributed by atoms with Crippen molar-refractivity contribution in [2.45, 2.75) is 0 Å². The predicted octanol–water partition coefficient (Wildman–Crippen LogP) is 3.18. The predicted molar refractivity (Wildman–Crippen MR) is 88.3 cm³/mol. The largest absolute Gasteiger partial charge is 0.383 e. The maximum absolute atomic E-state index is 12.8. The second kappa shape index (κ2) is 5.57. The molecule has 1 heterocycles. The first-order valence-corrected chi connectivity index (χ1v) is 7.05. The summed E-state index contributed by atoms with van der Waals surface area (Å²) in [5, 5.41) is 10.8. The molecule has 0 spiro atoms. The van der Waals surface area contributed by atoms with Crippen LogP contribution in [0.3, 0.4) is 0 Å². The molecule has 6 nitrogen and oxygen atoms in total. The fourth-order valence-corrected chi connectivity index (χ4v) is 2.60. The molecule has 0 saturated carbocycles. The molecule has 2 aromatic rings. The van der Waals surface area contributed by atoms with Crippen molar-refractivity contribution in [1.29, 1.82) is 0 Å². The Bertz CT molecular complexity index is 810. The van der Waals surface area contributed by atoms with E-state index in [9.17, 15) is 14.9 Å². The number of benzene rings is 2. The Morgan fingerprint density at radius 3 is 2.35 bits per heavy atom. The second-order valence-electron chi connectivity index (χ2n) is 5.44. The maximum atomic E-state index is 12.8. The molecule has 2 aromatic carbocycles. The standard InChI is InChI=1S/C17H15N3O3/c1-18(2)11-15-14-5-3-4-6-16(14)19(17(15)21)12-7-9-13(10-8-12)20(22)23/h3-11H,1-2H3. The molecule has 116 valence electrons. The number of nitro groups is 1. The fourth-order valence-electron chi connectivity index (χ4n) is 2.60. The number of nitro benzene ring substituents is 1. The smallest absolute Gasteiger partial charge is 0.269 e. The average molecular weight is 309 g/mol. The SMILES string of the molecule is CN(C)C=C1C(=O)N(c2ccc([N+](=O)[O-])cc2)c2ccccc21. The van der Waals surface area contributed by atoms with Gasteiger partial charge in [0.25, 0.3) is 11.6 Å². The first kappa shape index (κ1) is 14.8. The first-order chi connectivity index (χ1) is 11.0. The Kier molecular flexibility index (Phi) is 3.57. The summed E-state index contributed by atoms with van der Waals surface area (Å²) in [7, 11) is 3.72. The Hall–Kier alpha value is -3.15. The van der Waals surface area contributed by atoms with Gasteiger partial charge in [0, 0.05) is 43.7 Å². The molecule has 0 saturated heterocycles. The highest BCUT2D eigenvalue weighted by atomic mass is 16.6. The van der Waals surface area contributed by atoms with E-state index in [1.165, 1.54) is 12.1 Å². The number of non-ortho nitro benzene ring substituents is 1. The lowest BCUT2D eigenvalue weighted by Gasteiger charge is -2.17. The van der Waals surface area contributed by atoms with Crippen molar-refractivity contribution in [1.82, 2.24) is 4.90 Å². The second-order valence-corrected chi connectivity index (χ2v) is 5.44. The summed E-state index contributed by atoms with van der Waals surface area (Å²) in [4.78, 5) is 26.5. The van der Waals surface area contributed by atoms with Gasteiger partial charge in [0.15, 0.2) is 0 Å². The Morgan fingerprint density at radius 1 is 1.09 bits per heavy atom. The summed E-state index contributed by atoms with van der Waals surface area (Å²) in [6, 6.07) is 13.5. The van der Waals surface area contributed by atoms with E-state index in [2.05, 4.69) is 0 Å². The van der Waals surface area contributed by atoms with Gasteiger partial charge < -0.3 is 4.90 Å². The fraction of sp³-hybridized carbons (Fsp3) is 0.118. The van der Waals surface area contributed by atoms with Crippen molar-refractivity contribution in [2.75, 3.05) is 19.0 Å². The van der Waals surface area contributed by atoms with Gasteiger partial charge in [-0.05, 0) is 18.2 Å². The van der Waals surface area contributed by atoms with Crippen LogP contribution in [-0.2, 0) is 4.79 Å². The van der Waals surface area contributed by atoms with Crippen molar-refractivity contribution < 1.29 is 9.72 Å². The van der Waals surface area contributed by atoms with Gasteiger partial charge in [0.2, 0.25) is 0 Å². The van der Waals surface area contributed by atoms with Crippen molar-refractivity contribution >= 4 is 28.5 Å². The molecular formula is C17H15N3O3. The third-order valence-electron chi connectivity index (χ3n) is 3.57. The molecule has 0 aliphatic carbocycles. The van der Waals surface area contributed by atoms with Crippen LogP contribution in [0.25, 0.3) is 5.57 Å². The quantitative estimate of drug-likeness (QED) is 0.496. The van der Waals surface area contributed by atoms with Crippen LogP contribution in [0, 0.1) is 10.1 Å². The lowest BCUT2D eigenvalue weighted by Crippen LogP contribution is -2.21. The third kappa shape index (κ3) is 2.55. The summed E-state index contributed by atoms with van der Waals surface area (Å²) in [5.74, 6) is -0.145. The van der Waals surface area contributed by atoms with E-state index >= 15 is 0 Å². The molecule has 6 heteroatoms. The van der Waals surface area contributed by atoms with Gasteiger partial charge in [-0.2, -0.15) is 0 Å². The van der Waals surface area contributed by atoms with Gasteiger partial charge in [0.1, 0.15) is 0 Å². The molecular weight excluding hydrogens is 294 g/mol. The minimum atomic E-state index is -0.457. The zero-order valence-corrected chi connectivity index (χ0v) is 12.8. The van der Waals surface area contributed by atoms with E-state index in [1.54, 1.807) is 23.2 Å². The number of hydrogen-bond donors (Lipinski definition) is 0. The Labute approximate surface area is 133 Å². The Morgan fingerprint density at radius 2 is 1.74 bits per heavy atom. The summed E-state index contributed by atoms with van der Waals surface area (Å²) in [5.41, 5.74) is 2.83. The molecule has 0 unspecified atom stereocenters. The van der Waals surface area contributed by atoms with E-state index < -0.39 is 4.92 Å². The van der Waals surface area contributed by atoms with Gasteiger partial charge in [-0.3, -0.25) is 19.8 Å². The van der Waals surface area contributed by atoms with Crippen LogP contribution >= 0.6 is 0 Å². The van der Waals surface area contributed by atoms with Gasteiger partial charge >= 0.3 is 0 Å². The number of para-hydroxylation sites is 1. The summed E-state index contributed by atoms with van der Waals surface area (Å²) in [6.07, 6.45) is 1.78. The number of anilines is 2. The van der Waals surface area contributed by atoms with E-state index in [4.69, 9.17) is 0 Å². The van der Waals surface area contributed by atoms with Crippen LogP contribution in [-0.4, -0.2) is 29.8 Å². The van der Waals surface area contributed by atoms with Crippen LogP contribution in [0.4, 0.5) is 17.1 Å². The van der Waals surface area contributed by atoms with Crippen LogP contribution in [0.5, 0.6) is 0 Å². The highest BCUT2D eigenvalue weighted by Gasteiger charge is 2.33. The number of carbonyl (C=O) groups excluding carboxylic acids is 1. The van der Waals surface area contributed by atoms with Crippen molar-refractivity contribution in [2.24, 2.45) is 0 Å². The topological polar surface area (TPSA) is 66.7 Å². The molecule has 0 radical (unpaired) electrons. The van der Waals surface area contributed by atoms with Crippen molar-refractivity contribution in [3.63, 3.8) is 0 Å². The maximum Gasteiger partial charge on any atom is 0.269 e. The van der Waals surface area contributed by atoms with Crippen LogP contribution in [0.1, 0.15) is 5.56 Å². The van der Waals surface area contributed by atoms with Gasteiger partial charge in [-0.15, -0.1) is 0 Å². The van der Waals surface area contributed by atoms with E-state index in [0.717, 1.165) is 11.3 Å². The third-order valence-corrected chi connectivity index (χ3v) is 3.57. The molecule has 0 atom stereocenters. The highest BCUT2D eigenvalue weighted by Crippen LogP contribution is 2.41. The number of amides is 1. The number of hydrogen-bond acceptors (Lipinski definition) is 4. The van der Waals surface area contributed by atoms with E-state index in [0.29, 0.717) is 11.3 Å². The lowest BCUT2D eigenvalue weighted by atomic mass is 10.1. The minimum Gasteiger partial charge on any atom is -0.383 e. The monoisotopic (exact) mass is 309 g/mol. The molecule has 0 fully saturated rings. The van der Waals surface area contributed by atoms with E-state index in [-0.39, 0.29) is 11.6 Å². The van der Waals surface area contributed by atoms with E-state index in [1.807, 2.05) is 43.3 Å². The zero-order valence-electron chi connectivity index (χ0n) is 12.8. The van der Waals surface area contributed by atoms with Crippen molar-refractivity contribution in [3.05, 3.63) is 70.4 Å². The number of fused-ring (bicyclic) bond motifs is 1. The summed E-state index contributed by atoms with van der Waals surface area (Å²) >= 11 is 0. The molecule has 1 amide bonds. The average Bonchev–Trinajstić information content (AvgIpc) is 2.80. The number of rotatable bonds is 3. The lowest BCUT2D eigenvalue weighted by molar-refractivity contribution is -0.384. The molecule has 1 aliphatic heterocycles. The molecule has 0 N–H and O–H groups in total.